The summed E-state index contributed by atoms with van der Waals surface area (Å²) >= 11 is 6.02. The number of nitrogens with one attached hydrogen (secondary N) is 1. The third-order valence-electron chi connectivity index (χ3n) is 3.12. The van der Waals surface area contributed by atoms with Gasteiger partial charge in [0.2, 0.25) is 0 Å². The van der Waals surface area contributed by atoms with Gasteiger partial charge in [-0.1, -0.05) is 18.5 Å². The first kappa shape index (κ1) is 15.4. The molecule has 2 rings (SSSR count). The minimum absolute atomic E-state index is 0.497. The van der Waals surface area contributed by atoms with Crippen molar-refractivity contribution in [1.82, 2.24) is 9.97 Å². The van der Waals surface area contributed by atoms with Crippen molar-refractivity contribution in [2.45, 2.75) is 26.7 Å². The summed E-state index contributed by atoms with van der Waals surface area (Å²) in [6, 6.07) is 5.46. The summed E-state index contributed by atoms with van der Waals surface area (Å²) < 4.78 is 5.21. The molecule has 0 saturated carbocycles. The first-order valence-corrected chi connectivity index (χ1v) is 7.16. The van der Waals surface area contributed by atoms with E-state index in [-0.39, 0.29) is 0 Å². The lowest BCUT2D eigenvalue weighted by Crippen LogP contribution is -2.07. The highest BCUT2D eigenvalue weighted by atomic mass is 35.5. The highest BCUT2D eigenvalue weighted by molar-refractivity contribution is 6.32. The van der Waals surface area contributed by atoms with Gasteiger partial charge in [-0.15, -0.1) is 0 Å². The summed E-state index contributed by atoms with van der Waals surface area (Å²) in [4.78, 5) is 8.81. The Bertz CT molecular complexity index is 646. The molecule has 1 heterocycles. The normalized spacial score (nSPS) is 10.5. The molecule has 0 unspecified atom stereocenters. The summed E-state index contributed by atoms with van der Waals surface area (Å²) in [5, 5.41) is 3.81. The largest absolute Gasteiger partial charge is 0.495 e. The molecule has 0 amide bonds. The average Bonchev–Trinajstić information content (AvgIpc) is 2.46. The zero-order valence-electron chi connectivity index (χ0n) is 12.4. The first-order chi connectivity index (χ1) is 10.0. The van der Waals surface area contributed by atoms with Crippen LogP contribution >= 0.6 is 11.6 Å². The molecule has 0 atom stereocenters. The SMILES string of the molecule is CCCc1nc(N)c(C)c(Nc2ccc(Cl)c(OC)c2)n1. The fourth-order valence-electron chi connectivity index (χ4n) is 1.91. The minimum atomic E-state index is 0.497. The van der Waals surface area contributed by atoms with Gasteiger partial charge in [-0.05, 0) is 25.5 Å². The molecule has 0 bridgehead atoms. The number of hydrogen-bond acceptors (Lipinski definition) is 5. The summed E-state index contributed by atoms with van der Waals surface area (Å²) in [7, 11) is 1.58. The second kappa shape index (κ2) is 6.63. The van der Waals surface area contributed by atoms with E-state index in [0.717, 1.165) is 29.9 Å². The second-order valence-electron chi connectivity index (χ2n) is 4.72. The number of ether oxygens (including phenoxy) is 1. The maximum atomic E-state index is 6.02. The van der Waals surface area contributed by atoms with Crippen molar-refractivity contribution in [3.8, 4) is 5.75 Å². The van der Waals surface area contributed by atoms with Crippen molar-refractivity contribution in [2.75, 3.05) is 18.2 Å². The van der Waals surface area contributed by atoms with Gasteiger partial charge in [0.1, 0.15) is 23.2 Å². The van der Waals surface area contributed by atoms with Crippen LogP contribution in [-0.4, -0.2) is 17.1 Å². The van der Waals surface area contributed by atoms with Gasteiger partial charge in [0.05, 0.1) is 12.1 Å². The van der Waals surface area contributed by atoms with Gasteiger partial charge < -0.3 is 15.8 Å². The van der Waals surface area contributed by atoms with Gasteiger partial charge >= 0.3 is 0 Å². The molecule has 0 radical (unpaired) electrons. The van der Waals surface area contributed by atoms with Gasteiger partial charge in [0, 0.05) is 23.7 Å². The Morgan fingerprint density at radius 2 is 2.10 bits per heavy atom. The van der Waals surface area contributed by atoms with Crippen LogP contribution in [0.1, 0.15) is 24.7 Å². The molecule has 1 aromatic carbocycles. The third kappa shape index (κ3) is 3.55. The topological polar surface area (TPSA) is 73.1 Å². The summed E-state index contributed by atoms with van der Waals surface area (Å²) in [6.45, 7) is 3.97. The standard InChI is InChI=1S/C15H19ClN4O/c1-4-5-13-19-14(17)9(2)15(20-13)18-10-6-7-11(16)12(8-10)21-3/h6-8H,4-5H2,1-3H3,(H3,17,18,19,20). The van der Waals surface area contributed by atoms with Gasteiger partial charge in [0.15, 0.2) is 0 Å². The van der Waals surface area contributed by atoms with E-state index in [0.29, 0.717) is 22.4 Å². The molecule has 0 saturated heterocycles. The highest BCUT2D eigenvalue weighted by Gasteiger charge is 2.10. The molecular formula is C15H19ClN4O. The Labute approximate surface area is 129 Å². The van der Waals surface area contributed by atoms with Crippen LogP contribution in [0.3, 0.4) is 0 Å². The summed E-state index contributed by atoms with van der Waals surface area (Å²) in [6.07, 6.45) is 1.76. The van der Waals surface area contributed by atoms with E-state index in [1.807, 2.05) is 19.1 Å². The number of methoxy groups -OCH3 is 1. The smallest absolute Gasteiger partial charge is 0.139 e. The molecule has 0 aliphatic carbocycles. The number of nitrogens with two attached hydrogens (primary N) is 1. The number of aryl methyl sites for hydroxylation is 1. The number of aromatic nitrogens is 2. The van der Waals surface area contributed by atoms with Crippen molar-refractivity contribution in [3.63, 3.8) is 0 Å². The Morgan fingerprint density at radius 1 is 1.33 bits per heavy atom. The second-order valence-corrected chi connectivity index (χ2v) is 5.13. The number of nitrogen functional groups attached to an aromatic ring is 1. The lowest BCUT2D eigenvalue weighted by atomic mass is 10.2. The fraction of sp³-hybridized carbons (Fsp3) is 0.333. The molecule has 5 nitrogen and oxygen atoms in total. The van der Waals surface area contributed by atoms with Crippen LogP contribution in [0.5, 0.6) is 5.75 Å². The number of nitrogens with zero attached hydrogens (tertiary/aromatic N) is 2. The molecule has 112 valence electrons. The van der Waals surface area contributed by atoms with E-state index in [9.17, 15) is 0 Å². The predicted molar refractivity (Wildman–Crippen MR) is 86.5 cm³/mol. The number of hydrogen-bond donors (Lipinski definition) is 2. The predicted octanol–water partition coefficient (Wildman–Crippen LogP) is 3.73. The van der Waals surface area contributed by atoms with Crippen LogP contribution in [0.4, 0.5) is 17.3 Å². The molecule has 21 heavy (non-hydrogen) atoms. The Morgan fingerprint density at radius 3 is 2.76 bits per heavy atom. The van der Waals surface area contributed by atoms with E-state index < -0.39 is 0 Å². The molecule has 6 heteroatoms. The number of rotatable bonds is 5. The van der Waals surface area contributed by atoms with Crippen LogP contribution in [0, 0.1) is 6.92 Å². The zero-order chi connectivity index (χ0) is 15.4. The molecular weight excluding hydrogens is 288 g/mol. The van der Waals surface area contributed by atoms with E-state index in [2.05, 4.69) is 22.2 Å². The van der Waals surface area contributed by atoms with Crippen molar-refractivity contribution in [3.05, 3.63) is 34.6 Å². The minimum Gasteiger partial charge on any atom is -0.495 e. The Kier molecular flexibility index (Phi) is 4.85. The Balaban J connectivity index is 2.34. The van der Waals surface area contributed by atoms with Crippen LogP contribution in [0.2, 0.25) is 5.02 Å². The molecule has 0 aliphatic heterocycles. The molecule has 0 fully saturated rings. The monoisotopic (exact) mass is 306 g/mol. The van der Waals surface area contributed by atoms with Gasteiger partial charge in [-0.25, -0.2) is 9.97 Å². The average molecular weight is 307 g/mol. The summed E-state index contributed by atoms with van der Waals surface area (Å²) in [5.74, 6) is 2.55. The van der Waals surface area contributed by atoms with Crippen molar-refractivity contribution >= 4 is 28.9 Å². The van der Waals surface area contributed by atoms with Gasteiger partial charge in [0.25, 0.3) is 0 Å². The Hall–Kier alpha value is -2.01. The highest BCUT2D eigenvalue weighted by Crippen LogP contribution is 2.30. The first-order valence-electron chi connectivity index (χ1n) is 6.78. The molecule has 0 spiro atoms. The van der Waals surface area contributed by atoms with Crippen LogP contribution in [0.15, 0.2) is 18.2 Å². The van der Waals surface area contributed by atoms with Crippen LogP contribution in [-0.2, 0) is 6.42 Å². The molecule has 2 aromatic rings. The van der Waals surface area contributed by atoms with E-state index in [1.165, 1.54) is 0 Å². The lowest BCUT2D eigenvalue weighted by Gasteiger charge is -2.13. The summed E-state index contributed by atoms with van der Waals surface area (Å²) in [5.41, 5.74) is 7.60. The van der Waals surface area contributed by atoms with Crippen LogP contribution < -0.4 is 15.8 Å². The molecule has 1 aromatic heterocycles. The molecule has 3 N–H and O–H groups in total. The van der Waals surface area contributed by atoms with E-state index in [1.54, 1.807) is 13.2 Å². The third-order valence-corrected chi connectivity index (χ3v) is 3.43. The number of anilines is 3. The zero-order valence-corrected chi connectivity index (χ0v) is 13.2. The maximum absolute atomic E-state index is 6.02. The molecule has 0 aliphatic rings. The quantitative estimate of drug-likeness (QED) is 0.880. The maximum Gasteiger partial charge on any atom is 0.139 e. The van der Waals surface area contributed by atoms with Crippen molar-refractivity contribution in [2.24, 2.45) is 0 Å². The van der Waals surface area contributed by atoms with Gasteiger partial charge in [-0.3, -0.25) is 0 Å². The fourth-order valence-corrected chi connectivity index (χ4v) is 2.11. The van der Waals surface area contributed by atoms with Crippen LogP contribution in [0.25, 0.3) is 0 Å². The number of halogens is 1. The van der Waals surface area contributed by atoms with Gasteiger partial charge in [-0.2, -0.15) is 0 Å². The lowest BCUT2D eigenvalue weighted by molar-refractivity contribution is 0.415. The van der Waals surface area contributed by atoms with Crippen molar-refractivity contribution in [1.29, 1.82) is 0 Å². The van der Waals surface area contributed by atoms with E-state index in [4.69, 9.17) is 22.1 Å². The van der Waals surface area contributed by atoms with Crippen molar-refractivity contribution < 1.29 is 4.74 Å². The van der Waals surface area contributed by atoms with E-state index >= 15 is 0 Å². The number of benzene rings is 1.